The lowest BCUT2D eigenvalue weighted by Crippen LogP contribution is -2.53. The predicted molar refractivity (Wildman–Crippen MR) is 68.6 cm³/mol. The highest BCUT2D eigenvalue weighted by atomic mass is 19.1. The third kappa shape index (κ3) is 2.85. The Bertz CT molecular complexity index is 353. The van der Waals surface area contributed by atoms with Crippen LogP contribution < -0.4 is 5.32 Å². The second kappa shape index (κ2) is 5.15. The van der Waals surface area contributed by atoms with Gasteiger partial charge in [0.1, 0.15) is 5.82 Å². The molecule has 3 heteroatoms. The molecule has 0 amide bonds. The summed E-state index contributed by atoms with van der Waals surface area (Å²) in [5.41, 5.74) is 1.45. The van der Waals surface area contributed by atoms with E-state index in [-0.39, 0.29) is 11.4 Å². The lowest BCUT2D eigenvalue weighted by Gasteiger charge is -2.43. The first kappa shape index (κ1) is 12.5. The summed E-state index contributed by atoms with van der Waals surface area (Å²) in [5, 5.41) is 3.40. The highest BCUT2D eigenvalue weighted by molar-refractivity contribution is 5.19. The maximum Gasteiger partial charge on any atom is 0.123 e. The summed E-state index contributed by atoms with van der Waals surface area (Å²) >= 11 is 0. The Hall–Kier alpha value is -0.930. The van der Waals surface area contributed by atoms with E-state index in [2.05, 4.69) is 24.3 Å². The Labute approximate surface area is 103 Å². The van der Waals surface area contributed by atoms with Crippen LogP contribution in [-0.2, 0) is 6.42 Å². The van der Waals surface area contributed by atoms with E-state index in [1.807, 2.05) is 12.1 Å². The van der Waals surface area contributed by atoms with Gasteiger partial charge in [0.25, 0.3) is 0 Å². The third-order valence-electron chi connectivity index (χ3n) is 3.93. The van der Waals surface area contributed by atoms with Crippen molar-refractivity contribution in [3.8, 4) is 0 Å². The van der Waals surface area contributed by atoms with Crippen molar-refractivity contribution in [2.75, 3.05) is 27.2 Å². The summed E-state index contributed by atoms with van der Waals surface area (Å²) in [4.78, 5) is 2.33. The number of nitrogens with zero attached hydrogens (tertiary/aromatic N) is 1. The van der Waals surface area contributed by atoms with Crippen molar-refractivity contribution in [1.82, 2.24) is 10.2 Å². The van der Waals surface area contributed by atoms with E-state index >= 15 is 0 Å². The zero-order valence-corrected chi connectivity index (χ0v) is 10.7. The Balaban J connectivity index is 2.14. The molecule has 0 bridgehead atoms. The number of hydrogen-bond donors (Lipinski definition) is 1. The first-order valence-electron chi connectivity index (χ1n) is 6.25. The van der Waals surface area contributed by atoms with Crippen LogP contribution in [0.15, 0.2) is 24.3 Å². The van der Waals surface area contributed by atoms with Crippen molar-refractivity contribution in [3.05, 3.63) is 35.6 Å². The molecular formula is C14H21FN2. The van der Waals surface area contributed by atoms with E-state index in [4.69, 9.17) is 0 Å². The molecule has 1 fully saturated rings. The van der Waals surface area contributed by atoms with E-state index in [1.165, 1.54) is 5.56 Å². The molecule has 1 N–H and O–H groups in total. The monoisotopic (exact) mass is 236 g/mol. The average Bonchev–Trinajstić information content (AvgIpc) is 2.33. The summed E-state index contributed by atoms with van der Waals surface area (Å²) in [6.07, 6.45) is 3.30. The molecule has 1 aliphatic rings. The van der Waals surface area contributed by atoms with Gasteiger partial charge in [0.15, 0.2) is 0 Å². The minimum Gasteiger partial charge on any atom is -0.317 e. The quantitative estimate of drug-likeness (QED) is 0.864. The first-order valence-corrected chi connectivity index (χ1v) is 6.25. The number of benzene rings is 1. The smallest absolute Gasteiger partial charge is 0.123 e. The molecule has 2 rings (SSSR count). The van der Waals surface area contributed by atoms with Crippen LogP contribution in [-0.4, -0.2) is 37.6 Å². The summed E-state index contributed by atoms with van der Waals surface area (Å²) in [6.45, 7) is 2.14. The standard InChI is InChI=1S/C14H21FN2/c1-17(2)14(7-9-16-10-8-14)11-12-3-5-13(15)6-4-12/h3-6,16H,7-11H2,1-2H3. The summed E-state index contributed by atoms with van der Waals surface area (Å²) in [6, 6.07) is 6.92. The van der Waals surface area contributed by atoms with Gasteiger partial charge in [-0.1, -0.05) is 12.1 Å². The van der Waals surface area contributed by atoms with E-state index < -0.39 is 0 Å². The molecule has 0 radical (unpaired) electrons. The summed E-state index contributed by atoms with van der Waals surface area (Å²) in [7, 11) is 4.30. The number of likely N-dealkylation sites (N-methyl/N-ethyl adjacent to an activating group) is 1. The first-order chi connectivity index (χ1) is 8.12. The number of halogens is 1. The molecule has 0 aromatic heterocycles. The van der Waals surface area contributed by atoms with Crippen LogP contribution in [0.5, 0.6) is 0 Å². The summed E-state index contributed by atoms with van der Waals surface area (Å²) in [5.74, 6) is -0.155. The predicted octanol–water partition coefficient (Wildman–Crippen LogP) is 2.05. The highest BCUT2D eigenvalue weighted by Gasteiger charge is 2.34. The second-order valence-electron chi connectivity index (χ2n) is 5.17. The van der Waals surface area contributed by atoms with Crippen molar-refractivity contribution < 1.29 is 4.39 Å². The van der Waals surface area contributed by atoms with Crippen molar-refractivity contribution in [2.45, 2.75) is 24.8 Å². The molecule has 1 aromatic carbocycles. The van der Waals surface area contributed by atoms with E-state index in [0.717, 1.165) is 32.4 Å². The number of rotatable bonds is 3. The molecule has 0 atom stereocenters. The minimum atomic E-state index is -0.155. The van der Waals surface area contributed by atoms with Crippen molar-refractivity contribution in [2.24, 2.45) is 0 Å². The molecule has 94 valence electrons. The maximum absolute atomic E-state index is 12.9. The van der Waals surface area contributed by atoms with Crippen LogP contribution in [0, 0.1) is 5.82 Å². The van der Waals surface area contributed by atoms with Crippen molar-refractivity contribution in [1.29, 1.82) is 0 Å². The Kier molecular flexibility index (Phi) is 3.79. The molecule has 0 unspecified atom stereocenters. The van der Waals surface area contributed by atoms with E-state index in [1.54, 1.807) is 12.1 Å². The fourth-order valence-electron chi connectivity index (χ4n) is 2.66. The van der Waals surface area contributed by atoms with Crippen LogP contribution in [0.3, 0.4) is 0 Å². The van der Waals surface area contributed by atoms with Crippen LogP contribution in [0.4, 0.5) is 4.39 Å². The molecule has 1 aromatic rings. The van der Waals surface area contributed by atoms with E-state index in [0.29, 0.717) is 0 Å². The normalized spacial score (nSPS) is 19.5. The lowest BCUT2D eigenvalue weighted by atomic mass is 9.81. The molecule has 1 heterocycles. The molecule has 0 aliphatic carbocycles. The van der Waals surface area contributed by atoms with Crippen molar-refractivity contribution in [3.63, 3.8) is 0 Å². The van der Waals surface area contributed by atoms with Gasteiger partial charge in [0.2, 0.25) is 0 Å². The number of nitrogens with one attached hydrogen (secondary N) is 1. The Morgan fingerprint density at radius 3 is 2.29 bits per heavy atom. The lowest BCUT2D eigenvalue weighted by molar-refractivity contribution is 0.108. The average molecular weight is 236 g/mol. The van der Waals surface area contributed by atoms with Crippen LogP contribution in [0.2, 0.25) is 0 Å². The van der Waals surface area contributed by atoms with Gasteiger partial charge < -0.3 is 10.2 Å². The SMILES string of the molecule is CN(C)C1(Cc2ccc(F)cc2)CCNCC1. The Morgan fingerprint density at radius 1 is 1.18 bits per heavy atom. The zero-order valence-electron chi connectivity index (χ0n) is 10.7. The third-order valence-corrected chi connectivity index (χ3v) is 3.93. The van der Waals surface area contributed by atoms with Gasteiger partial charge in [-0.2, -0.15) is 0 Å². The van der Waals surface area contributed by atoms with Crippen LogP contribution in [0.25, 0.3) is 0 Å². The molecule has 0 spiro atoms. The number of hydrogen-bond acceptors (Lipinski definition) is 2. The minimum absolute atomic E-state index is 0.155. The summed E-state index contributed by atoms with van der Waals surface area (Å²) < 4.78 is 12.9. The maximum atomic E-state index is 12.9. The van der Waals surface area contributed by atoms with Gasteiger partial charge in [-0.25, -0.2) is 4.39 Å². The Morgan fingerprint density at radius 2 is 1.76 bits per heavy atom. The van der Waals surface area contributed by atoms with Crippen LogP contribution in [0.1, 0.15) is 18.4 Å². The van der Waals surface area contributed by atoms with Gasteiger partial charge in [-0.15, -0.1) is 0 Å². The van der Waals surface area contributed by atoms with Crippen molar-refractivity contribution >= 4 is 0 Å². The molecule has 1 saturated heterocycles. The van der Waals surface area contributed by atoms with Gasteiger partial charge in [0.05, 0.1) is 0 Å². The van der Waals surface area contributed by atoms with E-state index in [9.17, 15) is 4.39 Å². The fourth-order valence-corrected chi connectivity index (χ4v) is 2.66. The molecule has 1 aliphatic heterocycles. The number of piperidine rings is 1. The zero-order chi connectivity index (χ0) is 12.3. The molecule has 0 saturated carbocycles. The van der Waals surface area contributed by atoms with Gasteiger partial charge >= 0.3 is 0 Å². The van der Waals surface area contributed by atoms with Crippen LogP contribution >= 0.6 is 0 Å². The second-order valence-corrected chi connectivity index (χ2v) is 5.17. The fraction of sp³-hybridized carbons (Fsp3) is 0.571. The molecule has 17 heavy (non-hydrogen) atoms. The van der Waals surface area contributed by atoms with Gasteiger partial charge in [-0.05, 0) is 64.1 Å². The highest BCUT2D eigenvalue weighted by Crippen LogP contribution is 2.28. The van der Waals surface area contributed by atoms with Gasteiger partial charge in [-0.3, -0.25) is 0 Å². The molecular weight excluding hydrogens is 215 g/mol. The topological polar surface area (TPSA) is 15.3 Å². The van der Waals surface area contributed by atoms with Gasteiger partial charge in [0, 0.05) is 5.54 Å². The molecule has 2 nitrogen and oxygen atoms in total. The largest absolute Gasteiger partial charge is 0.317 e.